The van der Waals surface area contributed by atoms with Gasteiger partial charge in [0.05, 0.1) is 39.8 Å². The van der Waals surface area contributed by atoms with Gasteiger partial charge in [0.2, 0.25) is 5.91 Å². The van der Waals surface area contributed by atoms with E-state index in [2.05, 4.69) is 9.80 Å². The fourth-order valence-electron chi connectivity index (χ4n) is 2.77. The minimum absolute atomic E-state index is 0.0970. The molecule has 1 amide bonds. The molecule has 3 aliphatic rings. The van der Waals surface area contributed by atoms with Crippen molar-refractivity contribution >= 4 is 23.2 Å². The number of hydrogen-bond acceptors (Lipinski definition) is 6. The van der Waals surface area contributed by atoms with Crippen LogP contribution in [0, 0.1) is 0 Å². The highest BCUT2D eigenvalue weighted by molar-refractivity contribution is 7.80. The van der Waals surface area contributed by atoms with E-state index in [1.165, 1.54) is 0 Å². The van der Waals surface area contributed by atoms with Crippen LogP contribution < -0.4 is 0 Å². The average Bonchev–Trinajstić information content (AvgIpc) is 2.77. The summed E-state index contributed by atoms with van der Waals surface area (Å²) in [5.74, 6) is 0.0970. The van der Waals surface area contributed by atoms with Crippen LogP contribution in [0.4, 0.5) is 0 Å². The maximum absolute atomic E-state index is 12.2. The normalized spacial score (nSPS) is 25.9. The minimum Gasteiger partial charge on any atom is -0.379 e. The Morgan fingerprint density at radius 2 is 1.43 bits per heavy atom. The van der Waals surface area contributed by atoms with Crippen LogP contribution in [0.25, 0.3) is 0 Å². The second-order valence-corrected chi connectivity index (χ2v) is 5.91. The second kappa shape index (κ2) is 6.97. The summed E-state index contributed by atoms with van der Waals surface area (Å²) < 4.78 is 10.7. The van der Waals surface area contributed by atoms with E-state index in [9.17, 15) is 4.79 Å². The van der Waals surface area contributed by atoms with Gasteiger partial charge in [0.25, 0.3) is 0 Å². The molecule has 3 heterocycles. The van der Waals surface area contributed by atoms with E-state index in [4.69, 9.17) is 21.7 Å². The van der Waals surface area contributed by atoms with Crippen LogP contribution in [0.5, 0.6) is 0 Å². The number of ether oxygens (including phenoxy) is 2. The summed E-state index contributed by atoms with van der Waals surface area (Å²) in [4.78, 5) is 20.4. The SMILES string of the molecule is O=C1CN(CN2CCOCC2)C(=S)N1CN1CCOCC1. The summed E-state index contributed by atoms with van der Waals surface area (Å²) in [5.41, 5.74) is 0. The summed E-state index contributed by atoms with van der Waals surface area (Å²) in [6.45, 7) is 8.17. The molecule has 3 rings (SSSR count). The predicted molar refractivity (Wildman–Crippen MR) is 80.7 cm³/mol. The molecule has 0 saturated carbocycles. The lowest BCUT2D eigenvalue weighted by Crippen LogP contribution is -2.48. The summed E-state index contributed by atoms with van der Waals surface area (Å²) in [6, 6.07) is 0. The standard InChI is InChI=1S/C13H22N4O3S/c18-12-9-16(10-14-1-5-19-6-2-14)13(21)17(12)11-15-3-7-20-8-4-15/h1-11H2. The van der Waals surface area contributed by atoms with E-state index in [0.29, 0.717) is 25.0 Å². The molecule has 0 aromatic heterocycles. The number of thiocarbonyl (C=S) groups is 1. The van der Waals surface area contributed by atoms with Gasteiger partial charge in [-0.1, -0.05) is 0 Å². The molecular weight excluding hydrogens is 292 g/mol. The Balaban J connectivity index is 1.53. The molecule has 0 atom stereocenters. The molecule has 7 nitrogen and oxygen atoms in total. The van der Waals surface area contributed by atoms with E-state index in [-0.39, 0.29) is 5.91 Å². The Labute approximate surface area is 130 Å². The zero-order chi connectivity index (χ0) is 14.7. The molecule has 0 bridgehead atoms. The topological polar surface area (TPSA) is 48.5 Å². The fraction of sp³-hybridized carbons (Fsp3) is 0.846. The molecule has 3 saturated heterocycles. The van der Waals surface area contributed by atoms with Crippen LogP contribution in [0.15, 0.2) is 0 Å². The molecular formula is C13H22N4O3S. The van der Waals surface area contributed by atoms with E-state index in [1.807, 2.05) is 4.90 Å². The first-order chi connectivity index (χ1) is 10.2. The highest BCUT2D eigenvalue weighted by atomic mass is 32.1. The van der Waals surface area contributed by atoms with Gasteiger partial charge in [-0.15, -0.1) is 0 Å². The molecule has 21 heavy (non-hydrogen) atoms. The number of morpholine rings is 2. The number of carbonyl (C=O) groups excluding carboxylic acids is 1. The molecule has 0 spiro atoms. The fourth-order valence-corrected chi connectivity index (χ4v) is 3.05. The predicted octanol–water partition coefficient (Wildman–Crippen LogP) is -1.01. The number of rotatable bonds is 4. The van der Waals surface area contributed by atoms with Gasteiger partial charge in [-0.3, -0.25) is 19.5 Å². The molecule has 0 aromatic carbocycles. The van der Waals surface area contributed by atoms with Crippen molar-refractivity contribution in [3.63, 3.8) is 0 Å². The zero-order valence-electron chi connectivity index (χ0n) is 12.2. The lowest BCUT2D eigenvalue weighted by molar-refractivity contribution is -0.127. The Bertz CT molecular complexity index is 397. The van der Waals surface area contributed by atoms with Crippen molar-refractivity contribution in [2.75, 3.05) is 72.5 Å². The number of nitrogens with zero attached hydrogens (tertiary/aromatic N) is 4. The second-order valence-electron chi connectivity index (χ2n) is 5.55. The van der Waals surface area contributed by atoms with Crippen molar-refractivity contribution in [3.05, 3.63) is 0 Å². The van der Waals surface area contributed by atoms with Crippen LogP contribution in [-0.2, 0) is 14.3 Å². The van der Waals surface area contributed by atoms with Gasteiger partial charge in [-0.25, -0.2) is 0 Å². The summed E-state index contributed by atoms with van der Waals surface area (Å²) >= 11 is 5.49. The first-order valence-electron chi connectivity index (χ1n) is 7.43. The van der Waals surface area contributed by atoms with Crippen molar-refractivity contribution in [3.8, 4) is 0 Å². The van der Waals surface area contributed by atoms with E-state index < -0.39 is 0 Å². The van der Waals surface area contributed by atoms with Crippen molar-refractivity contribution in [1.29, 1.82) is 0 Å². The quantitative estimate of drug-likeness (QED) is 0.617. The highest BCUT2D eigenvalue weighted by Crippen LogP contribution is 2.13. The third kappa shape index (κ3) is 3.70. The summed E-state index contributed by atoms with van der Waals surface area (Å²) in [7, 11) is 0. The van der Waals surface area contributed by atoms with Crippen molar-refractivity contribution in [1.82, 2.24) is 19.6 Å². The van der Waals surface area contributed by atoms with Crippen LogP contribution in [-0.4, -0.2) is 103 Å². The molecule has 0 aromatic rings. The van der Waals surface area contributed by atoms with Crippen LogP contribution >= 0.6 is 12.2 Å². The van der Waals surface area contributed by atoms with Crippen molar-refractivity contribution < 1.29 is 14.3 Å². The van der Waals surface area contributed by atoms with Crippen LogP contribution in [0.3, 0.4) is 0 Å². The van der Waals surface area contributed by atoms with Gasteiger partial charge in [0.1, 0.15) is 6.54 Å². The zero-order valence-corrected chi connectivity index (χ0v) is 13.0. The molecule has 3 aliphatic heterocycles. The van der Waals surface area contributed by atoms with E-state index >= 15 is 0 Å². The van der Waals surface area contributed by atoms with E-state index in [1.54, 1.807) is 4.90 Å². The van der Waals surface area contributed by atoms with Gasteiger partial charge in [0, 0.05) is 26.2 Å². The first kappa shape index (κ1) is 15.1. The summed E-state index contributed by atoms with van der Waals surface area (Å²) in [5, 5.41) is 0.651. The third-order valence-corrected chi connectivity index (χ3v) is 4.53. The first-order valence-corrected chi connectivity index (χ1v) is 7.84. The Morgan fingerprint density at radius 1 is 0.905 bits per heavy atom. The molecule has 3 fully saturated rings. The molecule has 0 aliphatic carbocycles. The van der Waals surface area contributed by atoms with Crippen molar-refractivity contribution in [2.45, 2.75) is 0 Å². The van der Waals surface area contributed by atoms with Crippen molar-refractivity contribution in [2.24, 2.45) is 0 Å². The third-order valence-electron chi connectivity index (χ3n) is 4.05. The molecule has 8 heteroatoms. The highest BCUT2D eigenvalue weighted by Gasteiger charge is 2.34. The van der Waals surface area contributed by atoms with Crippen LogP contribution in [0.1, 0.15) is 0 Å². The van der Waals surface area contributed by atoms with Gasteiger partial charge in [-0.2, -0.15) is 0 Å². The van der Waals surface area contributed by atoms with E-state index in [0.717, 1.165) is 52.6 Å². The van der Waals surface area contributed by atoms with Crippen LogP contribution in [0.2, 0.25) is 0 Å². The Kier molecular flexibility index (Phi) is 5.02. The molecule has 0 N–H and O–H groups in total. The maximum Gasteiger partial charge on any atom is 0.249 e. The maximum atomic E-state index is 12.2. The Hall–Kier alpha value is -0.800. The molecule has 0 unspecified atom stereocenters. The smallest absolute Gasteiger partial charge is 0.249 e. The largest absolute Gasteiger partial charge is 0.379 e. The molecule has 118 valence electrons. The minimum atomic E-state index is 0.0970. The number of carbonyl (C=O) groups is 1. The summed E-state index contributed by atoms with van der Waals surface area (Å²) in [6.07, 6.45) is 0. The lowest BCUT2D eigenvalue weighted by atomic mass is 10.4. The monoisotopic (exact) mass is 314 g/mol. The lowest BCUT2D eigenvalue weighted by Gasteiger charge is -2.33. The average molecular weight is 314 g/mol. The van der Waals surface area contributed by atoms with Gasteiger partial charge in [0.15, 0.2) is 5.11 Å². The van der Waals surface area contributed by atoms with Gasteiger partial charge >= 0.3 is 0 Å². The van der Waals surface area contributed by atoms with Gasteiger partial charge < -0.3 is 14.4 Å². The Morgan fingerprint density at radius 3 is 2.00 bits per heavy atom. The van der Waals surface area contributed by atoms with Gasteiger partial charge in [-0.05, 0) is 12.2 Å². The number of amides is 1. The number of hydrogen-bond donors (Lipinski definition) is 0. The molecule has 0 radical (unpaired) electrons.